The molecule has 1 aliphatic heterocycles. The van der Waals surface area contributed by atoms with E-state index in [1.54, 1.807) is 0 Å². The van der Waals surface area contributed by atoms with Crippen LogP contribution in [0.2, 0.25) is 0 Å². The lowest BCUT2D eigenvalue weighted by atomic mass is 10.1. The van der Waals surface area contributed by atoms with Crippen LogP contribution in [0.3, 0.4) is 0 Å². The van der Waals surface area contributed by atoms with Gasteiger partial charge in [-0.3, -0.25) is 4.90 Å². The summed E-state index contributed by atoms with van der Waals surface area (Å²) in [6, 6.07) is 10.1. The Balaban J connectivity index is 1.78. The molecule has 2 aromatic rings. The van der Waals surface area contributed by atoms with Gasteiger partial charge in [0, 0.05) is 44.5 Å². The van der Waals surface area contributed by atoms with Crippen LogP contribution < -0.4 is 0 Å². The summed E-state index contributed by atoms with van der Waals surface area (Å²) in [5.74, 6) is 1.70. The fraction of sp³-hybridized carbons (Fsp3) is 0.444. The summed E-state index contributed by atoms with van der Waals surface area (Å²) >= 11 is 0. The van der Waals surface area contributed by atoms with Crippen LogP contribution in [-0.4, -0.2) is 46.5 Å². The molecule has 1 aromatic heterocycles. The third-order valence-electron chi connectivity index (χ3n) is 4.22. The molecule has 0 saturated heterocycles. The molecular formula is C18H23N5. The summed E-state index contributed by atoms with van der Waals surface area (Å²) in [4.78, 5) is 9.20. The van der Waals surface area contributed by atoms with Crippen molar-refractivity contribution in [3.63, 3.8) is 0 Å². The fourth-order valence-electron chi connectivity index (χ4n) is 3.37. The molecule has 0 saturated carbocycles. The van der Waals surface area contributed by atoms with E-state index in [-0.39, 0.29) is 0 Å². The van der Waals surface area contributed by atoms with Gasteiger partial charge in [0.15, 0.2) is 0 Å². The van der Waals surface area contributed by atoms with Crippen molar-refractivity contribution in [2.75, 3.05) is 27.2 Å². The maximum Gasteiger partial charge on any atom is 0.122 e. The topological polar surface area (TPSA) is 48.1 Å². The highest BCUT2D eigenvalue weighted by atomic mass is 15.2. The number of hydrogen-bond donors (Lipinski definition) is 0. The van der Waals surface area contributed by atoms with Crippen LogP contribution in [-0.2, 0) is 19.6 Å². The van der Waals surface area contributed by atoms with Gasteiger partial charge < -0.3 is 9.47 Å². The van der Waals surface area contributed by atoms with Gasteiger partial charge in [0.1, 0.15) is 5.82 Å². The first-order chi connectivity index (χ1) is 11.1. The smallest absolute Gasteiger partial charge is 0.122 e. The molecule has 1 atom stereocenters. The molecule has 1 unspecified atom stereocenters. The van der Waals surface area contributed by atoms with Crippen molar-refractivity contribution >= 4 is 0 Å². The van der Waals surface area contributed by atoms with Gasteiger partial charge in [0.2, 0.25) is 0 Å². The van der Waals surface area contributed by atoms with Gasteiger partial charge in [-0.2, -0.15) is 5.26 Å². The molecule has 0 fully saturated rings. The number of nitriles is 1. The lowest BCUT2D eigenvalue weighted by Gasteiger charge is -2.25. The van der Waals surface area contributed by atoms with Crippen LogP contribution in [0.25, 0.3) is 0 Å². The first-order valence-corrected chi connectivity index (χ1v) is 8.00. The summed E-state index contributed by atoms with van der Waals surface area (Å²) in [7, 11) is 4.25. The Kier molecular flexibility index (Phi) is 4.75. The molecule has 0 N–H and O–H groups in total. The van der Waals surface area contributed by atoms with Crippen molar-refractivity contribution in [3.05, 3.63) is 53.6 Å². The summed E-state index contributed by atoms with van der Waals surface area (Å²) in [6.45, 7) is 4.83. The molecule has 2 heterocycles. The number of nitrogens with zero attached hydrogens (tertiary/aromatic N) is 5. The maximum absolute atomic E-state index is 9.07. The number of imidazole rings is 1. The highest BCUT2D eigenvalue weighted by Gasteiger charge is 2.22. The monoisotopic (exact) mass is 309 g/mol. The molecule has 3 rings (SSSR count). The van der Waals surface area contributed by atoms with Crippen molar-refractivity contribution in [1.82, 2.24) is 19.4 Å². The fourth-order valence-corrected chi connectivity index (χ4v) is 3.37. The van der Waals surface area contributed by atoms with Crippen LogP contribution >= 0.6 is 0 Å². The second kappa shape index (κ2) is 6.95. The molecule has 0 radical (unpaired) electrons. The predicted molar refractivity (Wildman–Crippen MR) is 89.5 cm³/mol. The van der Waals surface area contributed by atoms with Crippen molar-refractivity contribution in [2.24, 2.45) is 5.92 Å². The highest BCUT2D eigenvalue weighted by molar-refractivity contribution is 5.32. The average Bonchev–Trinajstić information content (AvgIpc) is 2.87. The van der Waals surface area contributed by atoms with E-state index in [1.165, 1.54) is 5.56 Å². The van der Waals surface area contributed by atoms with Crippen LogP contribution in [0.4, 0.5) is 0 Å². The molecule has 0 aliphatic carbocycles. The zero-order chi connectivity index (χ0) is 16.2. The average molecular weight is 309 g/mol. The van der Waals surface area contributed by atoms with E-state index in [2.05, 4.69) is 51.8 Å². The summed E-state index contributed by atoms with van der Waals surface area (Å²) in [5.41, 5.74) is 1.91. The maximum atomic E-state index is 9.07. The molecule has 0 spiro atoms. The minimum absolute atomic E-state index is 0.569. The Morgan fingerprint density at radius 3 is 3.00 bits per heavy atom. The Labute approximate surface area is 137 Å². The molecule has 1 aromatic carbocycles. The first-order valence-electron chi connectivity index (χ1n) is 8.00. The number of fused-ring (bicyclic) bond motifs is 1. The van der Waals surface area contributed by atoms with Crippen molar-refractivity contribution < 1.29 is 0 Å². The predicted octanol–water partition coefficient (Wildman–Crippen LogP) is 1.95. The first kappa shape index (κ1) is 15.7. The normalized spacial score (nSPS) is 18.4. The Bertz CT molecular complexity index is 697. The van der Waals surface area contributed by atoms with E-state index in [0.29, 0.717) is 5.92 Å². The van der Waals surface area contributed by atoms with Gasteiger partial charge in [-0.15, -0.1) is 0 Å². The zero-order valence-electron chi connectivity index (χ0n) is 13.8. The summed E-state index contributed by atoms with van der Waals surface area (Å²) < 4.78 is 2.28. The second-order valence-electron chi connectivity index (χ2n) is 6.61. The van der Waals surface area contributed by atoms with E-state index in [4.69, 9.17) is 5.26 Å². The molecular weight excluding hydrogens is 286 g/mol. The molecule has 0 bridgehead atoms. The molecule has 1 aliphatic rings. The van der Waals surface area contributed by atoms with Crippen LogP contribution in [0, 0.1) is 17.2 Å². The standard InChI is InChI=1S/C18H23N5/c1-21(2)10-17-12-22(14-18-20-6-7-23(18)13-17)11-16-5-3-4-15(8-16)9-19/h3-8,17H,10-14H2,1-2H3. The second-order valence-corrected chi connectivity index (χ2v) is 6.61. The minimum Gasteiger partial charge on any atom is -0.333 e. The van der Waals surface area contributed by atoms with E-state index >= 15 is 0 Å². The zero-order valence-corrected chi connectivity index (χ0v) is 13.8. The molecule has 5 nitrogen and oxygen atoms in total. The number of hydrogen-bond acceptors (Lipinski definition) is 4. The largest absolute Gasteiger partial charge is 0.333 e. The van der Waals surface area contributed by atoms with Crippen LogP contribution in [0.15, 0.2) is 36.7 Å². The summed E-state index contributed by atoms with van der Waals surface area (Å²) in [5, 5.41) is 9.07. The Morgan fingerprint density at radius 1 is 1.35 bits per heavy atom. The van der Waals surface area contributed by atoms with E-state index in [1.807, 2.05) is 24.4 Å². The lowest BCUT2D eigenvalue weighted by molar-refractivity contribution is 0.194. The molecule has 0 amide bonds. The van der Waals surface area contributed by atoms with Crippen molar-refractivity contribution in [3.8, 4) is 6.07 Å². The van der Waals surface area contributed by atoms with Crippen LogP contribution in [0.5, 0.6) is 0 Å². The van der Waals surface area contributed by atoms with Gasteiger partial charge in [0.05, 0.1) is 18.2 Å². The van der Waals surface area contributed by atoms with E-state index in [9.17, 15) is 0 Å². The van der Waals surface area contributed by atoms with Gasteiger partial charge in [-0.25, -0.2) is 4.98 Å². The molecule has 23 heavy (non-hydrogen) atoms. The van der Waals surface area contributed by atoms with Crippen molar-refractivity contribution in [1.29, 1.82) is 5.26 Å². The van der Waals surface area contributed by atoms with Gasteiger partial charge in [-0.1, -0.05) is 12.1 Å². The SMILES string of the molecule is CN(C)CC1CN(Cc2cccc(C#N)c2)Cc2nccn2C1. The van der Waals surface area contributed by atoms with Crippen LogP contribution in [0.1, 0.15) is 17.0 Å². The van der Waals surface area contributed by atoms with Gasteiger partial charge >= 0.3 is 0 Å². The van der Waals surface area contributed by atoms with E-state index < -0.39 is 0 Å². The third kappa shape index (κ3) is 3.98. The lowest BCUT2D eigenvalue weighted by Crippen LogP contribution is -2.33. The third-order valence-corrected chi connectivity index (χ3v) is 4.22. The number of aromatic nitrogens is 2. The highest BCUT2D eigenvalue weighted by Crippen LogP contribution is 2.18. The van der Waals surface area contributed by atoms with Gasteiger partial charge in [-0.05, 0) is 31.8 Å². The molecule has 120 valence electrons. The Morgan fingerprint density at radius 2 is 2.22 bits per heavy atom. The number of benzene rings is 1. The summed E-state index contributed by atoms with van der Waals surface area (Å²) in [6.07, 6.45) is 3.97. The quantitative estimate of drug-likeness (QED) is 0.866. The molecule has 5 heteroatoms. The number of rotatable bonds is 4. The minimum atomic E-state index is 0.569. The van der Waals surface area contributed by atoms with Crippen molar-refractivity contribution in [2.45, 2.75) is 19.6 Å². The van der Waals surface area contributed by atoms with E-state index in [0.717, 1.165) is 44.1 Å². The van der Waals surface area contributed by atoms with Gasteiger partial charge in [0.25, 0.3) is 0 Å². The Hall–Kier alpha value is -2.16.